The molecule has 2 aromatic rings. The molecule has 0 aliphatic heterocycles. The van der Waals surface area contributed by atoms with E-state index in [0.717, 1.165) is 0 Å². The van der Waals surface area contributed by atoms with Crippen LogP contribution in [0.3, 0.4) is 0 Å². The van der Waals surface area contributed by atoms with Crippen molar-refractivity contribution >= 4 is 40.5 Å². The first kappa shape index (κ1) is 18.0. The molecule has 0 saturated carbocycles. The van der Waals surface area contributed by atoms with Crippen molar-refractivity contribution in [1.82, 2.24) is 0 Å². The summed E-state index contributed by atoms with van der Waals surface area (Å²) >= 11 is 11.9. The molecule has 1 amide bonds. The molecular weight excluding hydrogens is 355 g/mol. The Morgan fingerprint density at radius 2 is 2.00 bits per heavy atom. The number of hydrogen-bond donors (Lipinski definition) is 1. The highest BCUT2D eigenvalue weighted by atomic mass is 35.5. The normalized spacial score (nSPS) is 11.7. The Morgan fingerprint density at radius 3 is 2.67 bits per heavy atom. The molecule has 1 atom stereocenters. The van der Waals surface area contributed by atoms with Crippen molar-refractivity contribution in [3.63, 3.8) is 0 Å². The summed E-state index contributed by atoms with van der Waals surface area (Å²) < 4.78 is 5.50. The van der Waals surface area contributed by atoms with Crippen LogP contribution >= 0.6 is 23.2 Å². The van der Waals surface area contributed by atoms with Gasteiger partial charge in [-0.15, -0.1) is 0 Å². The Morgan fingerprint density at radius 1 is 1.29 bits per heavy atom. The minimum Gasteiger partial charge on any atom is -0.479 e. The Kier molecular flexibility index (Phi) is 5.64. The van der Waals surface area contributed by atoms with Crippen LogP contribution in [0.2, 0.25) is 10.0 Å². The van der Waals surface area contributed by atoms with E-state index in [9.17, 15) is 14.9 Å². The third kappa shape index (κ3) is 4.15. The third-order valence-corrected chi connectivity index (χ3v) is 4.06. The summed E-state index contributed by atoms with van der Waals surface area (Å²) in [5.41, 5.74) is 0.747. The van der Waals surface area contributed by atoms with Gasteiger partial charge in [-0.3, -0.25) is 14.9 Å². The molecule has 2 rings (SSSR count). The minimum atomic E-state index is -0.874. The van der Waals surface area contributed by atoms with Gasteiger partial charge in [0.1, 0.15) is 10.8 Å². The molecule has 0 aliphatic carbocycles. The second kappa shape index (κ2) is 7.51. The Bertz CT molecular complexity index is 796. The molecule has 1 unspecified atom stereocenters. The number of nitrogens with one attached hydrogen (secondary N) is 1. The summed E-state index contributed by atoms with van der Waals surface area (Å²) in [7, 11) is 0. The predicted molar refractivity (Wildman–Crippen MR) is 93.0 cm³/mol. The molecule has 1 N–H and O–H groups in total. The molecule has 2 aromatic carbocycles. The van der Waals surface area contributed by atoms with Crippen LogP contribution in [0.25, 0.3) is 0 Å². The van der Waals surface area contributed by atoms with Crippen LogP contribution in [0.15, 0.2) is 36.4 Å². The fourth-order valence-corrected chi connectivity index (χ4v) is 2.28. The first-order valence-electron chi connectivity index (χ1n) is 6.96. The zero-order valence-corrected chi connectivity index (χ0v) is 14.4. The van der Waals surface area contributed by atoms with Crippen LogP contribution in [-0.2, 0) is 4.79 Å². The van der Waals surface area contributed by atoms with Gasteiger partial charge in [0.15, 0.2) is 6.10 Å². The lowest BCUT2D eigenvalue weighted by atomic mass is 10.2. The monoisotopic (exact) mass is 368 g/mol. The van der Waals surface area contributed by atoms with Gasteiger partial charge < -0.3 is 10.1 Å². The number of carbonyl (C=O) groups is 1. The molecule has 0 aromatic heterocycles. The van der Waals surface area contributed by atoms with Crippen molar-refractivity contribution in [3.8, 4) is 5.75 Å². The second-order valence-electron chi connectivity index (χ2n) is 5.06. The standard InChI is InChI=1S/C16H14Cl2N2O4/c1-9-6-7-11(8-13(9)20(22)23)19-16(21)10(2)24-14-5-3-4-12(17)15(14)18/h3-8,10H,1-2H3,(H,19,21). The van der Waals surface area contributed by atoms with E-state index in [1.54, 1.807) is 37.3 Å². The van der Waals surface area contributed by atoms with E-state index in [4.69, 9.17) is 27.9 Å². The minimum absolute atomic E-state index is 0.0701. The smallest absolute Gasteiger partial charge is 0.274 e. The maximum atomic E-state index is 12.2. The molecule has 0 bridgehead atoms. The highest BCUT2D eigenvalue weighted by Gasteiger charge is 2.19. The number of amides is 1. The van der Waals surface area contributed by atoms with Gasteiger partial charge in [-0.05, 0) is 32.0 Å². The van der Waals surface area contributed by atoms with Crippen LogP contribution in [0.5, 0.6) is 5.75 Å². The summed E-state index contributed by atoms with van der Waals surface area (Å²) in [5, 5.41) is 14.0. The van der Waals surface area contributed by atoms with Gasteiger partial charge in [-0.25, -0.2) is 0 Å². The lowest BCUT2D eigenvalue weighted by molar-refractivity contribution is -0.385. The first-order chi connectivity index (χ1) is 11.3. The molecule has 0 saturated heterocycles. The zero-order valence-electron chi connectivity index (χ0n) is 12.9. The molecule has 0 radical (unpaired) electrons. The van der Waals surface area contributed by atoms with Crippen molar-refractivity contribution in [2.75, 3.05) is 5.32 Å². The van der Waals surface area contributed by atoms with Crippen LogP contribution in [0.4, 0.5) is 11.4 Å². The molecule has 24 heavy (non-hydrogen) atoms. The number of anilines is 1. The van der Waals surface area contributed by atoms with Crippen LogP contribution in [0.1, 0.15) is 12.5 Å². The number of carbonyl (C=O) groups excluding carboxylic acids is 1. The van der Waals surface area contributed by atoms with Crippen LogP contribution in [-0.4, -0.2) is 16.9 Å². The average Bonchev–Trinajstić information content (AvgIpc) is 2.53. The van der Waals surface area contributed by atoms with Gasteiger partial charge in [-0.2, -0.15) is 0 Å². The largest absolute Gasteiger partial charge is 0.479 e. The van der Waals surface area contributed by atoms with E-state index < -0.39 is 16.9 Å². The summed E-state index contributed by atoms with van der Waals surface area (Å²) in [6, 6.07) is 9.29. The molecular formula is C16H14Cl2N2O4. The maximum absolute atomic E-state index is 12.2. The van der Waals surface area contributed by atoms with Gasteiger partial charge in [0, 0.05) is 17.3 Å². The molecule has 0 heterocycles. The number of ether oxygens (including phenoxy) is 1. The van der Waals surface area contributed by atoms with E-state index in [2.05, 4.69) is 5.32 Å². The number of nitrogens with zero attached hydrogens (tertiary/aromatic N) is 1. The second-order valence-corrected chi connectivity index (χ2v) is 5.84. The summed E-state index contributed by atoms with van der Waals surface area (Å²) in [5.74, 6) is -0.189. The topological polar surface area (TPSA) is 81.5 Å². The Balaban J connectivity index is 2.10. The number of benzene rings is 2. The van der Waals surface area contributed by atoms with E-state index in [0.29, 0.717) is 16.3 Å². The Labute approximate surface area is 148 Å². The van der Waals surface area contributed by atoms with Crippen molar-refractivity contribution in [1.29, 1.82) is 0 Å². The lowest BCUT2D eigenvalue weighted by Gasteiger charge is -2.16. The van der Waals surface area contributed by atoms with Crippen molar-refractivity contribution < 1.29 is 14.5 Å². The highest BCUT2D eigenvalue weighted by Crippen LogP contribution is 2.32. The molecule has 0 fully saturated rings. The van der Waals surface area contributed by atoms with E-state index in [1.807, 2.05) is 0 Å². The number of nitro groups is 1. The summed E-state index contributed by atoms with van der Waals surface area (Å²) in [4.78, 5) is 22.6. The predicted octanol–water partition coefficient (Wildman–Crippen LogP) is 4.62. The van der Waals surface area contributed by atoms with E-state index in [1.165, 1.54) is 13.0 Å². The fourth-order valence-electron chi connectivity index (χ4n) is 1.95. The molecule has 8 heteroatoms. The van der Waals surface area contributed by atoms with Gasteiger partial charge in [0.2, 0.25) is 0 Å². The molecule has 6 nitrogen and oxygen atoms in total. The maximum Gasteiger partial charge on any atom is 0.274 e. The summed E-state index contributed by atoms with van der Waals surface area (Å²) in [6.45, 7) is 3.16. The number of halogens is 2. The van der Waals surface area contributed by atoms with Gasteiger partial charge in [0.25, 0.3) is 11.6 Å². The first-order valence-corrected chi connectivity index (χ1v) is 7.71. The number of aryl methyl sites for hydroxylation is 1. The lowest BCUT2D eigenvalue weighted by Crippen LogP contribution is -2.30. The zero-order chi connectivity index (χ0) is 17.9. The van der Waals surface area contributed by atoms with Crippen LogP contribution in [0, 0.1) is 17.0 Å². The van der Waals surface area contributed by atoms with Crippen molar-refractivity contribution in [3.05, 3.63) is 62.1 Å². The summed E-state index contributed by atoms with van der Waals surface area (Å²) in [6.07, 6.45) is -0.874. The fraction of sp³-hybridized carbons (Fsp3) is 0.188. The van der Waals surface area contributed by atoms with Gasteiger partial charge in [-0.1, -0.05) is 35.3 Å². The van der Waals surface area contributed by atoms with Crippen molar-refractivity contribution in [2.24, 2.45) is 0 Å². The Hall–Kier alpha value is -2.31. The van der Waals surface area contributed by atoms with Gasteiger partial charge in [0.05, 0.1) is 9.95 Å². The van der Waals surface area contributed by atoms with E-state index >= 15 is 0 Å². The number of rotatable bonds is 5. The number of nitro benzene ring substituents is 1. The van der Waals surface area contributed by atoms with E-state index in [-0.39, 0.29) is 16.5 Å². The molecule has 126 valence electrons. The van der Waals surface area contributed by atoms with Gasteiger partial charge >= 0.3 is 0 Å². The molecule has 0 aliphatic rings. The number of hydrogen-bond acceptors (Lipinski definition) is 4. The molecule has 0 spiro atoms. The van der Waals surface area contributed by atoms with Crippen molar-refractivity contribution in [2.45, 2.75) is 20.0 Å². The third-order valence-electron chi connectivity index (χ3n) is 3.26. The highest BCUT2D eigenvalue weighted by molar-refractivity contribution is 6.42. The SMILES string of the molecule is Cc1ccc(NC(=O)C(C)Oc2cccc(Cl)c2Cl)cc1[N+](=O)[O-]. The average molecular weight is 369 g/mol. The van der Waals surface area contributed by atoms with Crippen LogP contribution < -0.4 is 10.1 Å². The quantitative estimate of drug-likeness (QED) is 0.616.